The van der Waals surface area contributed by atoms with Gasteiger partial charge in [0, 0.05) is 7.11 Å². The van der Waals surface area contributed by atoms with E-state index in [2.05, 4.69) is 12.2 Å². The molecule has 0 radical (unpaired) electrons. The topological polar surface area (TPSA) is 30.5 Å². The summed E-state index contributed by atoms with van der Waals surface area (Å²) >= 11 is 0. The minimum Gasteiger partial charge on any atom is -0.494 e. The van der Waals surface area contributed by atoms with Crippen molar-refractivity contribution in [3.05, 3.63) is 29.6 Å². The number of ether oxygens (including phenoxy) is 2. The van der Waals surface area contributed by atoms with Crippen LogP contribution in [0.5, 0.6) is 5.75 Å². The van der Waals surface area contributed by atoms with Crippen molar-refractivity contribution < 1.29 is 13.9 Å². The van der Waals surface area contributed by atoms with Crippen molar-refractivity contribution in [1.29, 1.82) is 0 Å². The van der Waals surface area contributed by atoms with Gasteiger partial charge in [0.2, 0.25) is 0 Å². The summed E-state index contributed by atoms with van der Waals surface area (Å²) in [5.74, 6) is -0.0803. The molecule has 1 N–H and O–H groups in total. The Morgan fingerprint density at radius 1 is 1.28 bits per heavy atom. The maximum absolute atomic E-state index is 13.7. The minimum atomic E-state index is -0.344. The lowest BCUT2D eigenvalue weighted by atomic mass is 9.99. The summed E-state index contributed by atoms with van der Waals surface area (Å²) < 4.78 is 24.1. The minimum absolute atomic E-state index is 0.00888. The third-order valence-corrected chi connectivity index (χ3v) is 3.04. The van der Waals surface area contributed by atoms with Crippen LogP contribution < -0.4 is 10.1 Å². The van der Waals surface area contributed by atoms with E-state index in [-0.39, 0.29) is 23.7 Å². The summed E-state index contributed by atoms with van der Waals surface area (Å²) in [6.07, 6.45) is 0.889. The molecule has 0 amide bonds. The summed E-state index contributed by atoms with van der Waals surface area (Å²) in [6.45, 7) is 4.88. The van der Waals surface area contributed by atoms with Crippen LogP contribution in [0.25, 0.3) is 0 Å². The van der Waals surface area contributed by atoms with Crippen LogP contribution in [0.4, 0.5) is 4.39 Å². The molecule has 1 aromatic rings. The first-order valence-corrected chi connectivity index (χ1v) is 6.27. The van der Waals surface area contributed by atoms with Gasteiger partial charge in [0.25, 0.3) is 0 Å². The molecule has 0 saturated carbocycles. The highest BCUT2D eigenvalue weighted by Gasteiger charge is 2.21. The second kappa shape index (κ2) is 7.34. The molecule has 2 unspecified atom stereocenters. The standard InChI is InChI=1S/C14H22FNO2/c1-5-12(17-3)14(16-6-2)10-7-8-13(18-4)11(15)9-10/h7-9,12,14,16H,5-6H2,1-4H3. The van der Waals surface area contributed by atoms with Crippen LogP contribution in [0, 0.1) is 5.82 Å². The third kappa shape index (κ3) is 3.43. The van der Waals surface area contributed by atoms with Gasteiger partial charge in [0.1, 0.15) is 0 Å². The Morgan fingerprint density at radius 3 is 2.44 bits per heavy atom. The van der Waals surface area contributed by atoms with E-state index in [1.54, 1.807) is 13.2 Å². The number of nitrogens with one attached hydrogen (secondary N) is 1. The normalized spacial score (nSPS) is 14.3. The highest BCUT2D eigenvalue weighted by Crippen LogP contribution is 2.25. The molecule has 0 aliphatic heterocycles. The van der Waals surface area contributed by atoms with E-state index in [9.17, 15) is 4.39 Å². The number of hydrogen-bond acceptors (Lipinski definition) is 3. The van der Waals surface area contributed by atoms with Gasteiger partial charge in [-0.05, 0) is 30.7 Å². The number of rotatable bonds is 7. The molecule has 0 spiro atoms. The van der Waals surface area contributed by atoms with Gasteiger partial charge < -0.3 is 14.8 Å². The summed E-state index contributed by atoms with van der Waals surface area (Å²) in [5.41, 5.74) is 0.879. The predicted octanol–water partition coefficient (Wildman–Crippen LogP) is 2.91. The summed E-state index contributed by atoms with van der Waals surface area (Å²) in [6, 6.07) is 5.02. The summed E-state index contributed by atoms with van der Waals surface area (Å²) in [5, 5.41) is 3.33. The Labute approximate surface area is 108 Å². The molecule has 0 heterocycles. The Kier molecular flexibility index (Phi) is 6.09. The van der Waals surface area contributed by atoms with Gasteiger partial charge in [-0.3, -0.25) is 0 Å². The fraction of sp³-hybridized carbons (Fsp3) is 0.571. The largest absolute Gasteiger partial charge is 0.494 e. The molecule has 1 rings (SSSR count). The van der Waals surface area contributed by atoms with Crippen molar-refractivity contribution in [3.8, 4) is 5.75 Å². The van der Waals surface area contributed by atoms with Crippen molar-refractivity contribution in [2.24, 2.45) is 0 Å². The molecular weight excluding hydrogens is 233 g/mol. The lowest BCUT2D eigenvalue weighted by Gasteiger charge is -2.26. The highest BCUT2D eigenvalue weighted by atomic mass is 19.1. The maximum Gasteiger partial charge on any atom is 0.165 e. The predicted molar refractivity (Wildman–Crippen MR) is 70.5 cm³/mol. The zero-order valence-corrected chi connectivity index (χ0v) is 11.5. The Morgan fingerprint density at radius 2 is 2.00 bits per heavy atom. The summed E-state index contributed by atoms with van der Waals surface area (Å²) in [7, 11) is 3.14. The number of benzene rings is 1. The molecule has 2 atom stereocenters. The van der Waals surface area contributed by atoms with E-state index in [1.165, 1.54) is 13.2 Å². The molecule has 4 heteroatoms. The molecule has 0 aliphatic rings. The number of methoxy groups -OCH3 is 2. The lowest BCUT2D eigenvalue weighted by Crippen LogP contribution is -2.33. The number of halogens is 1. The number of hydrogen-bond donors (Lipinski definition) is 1. The zero-order valence-electron chi connectivity index (χ0n) is 11.5. The quantitative estimate of drug-likeness (QED) is 0.812. The molecule has 0 aliphatic carbocycles. The SMILES string of the molecule is CCNC(c1ccc(OC)c(F)c1)C(CC)OC. The summed E-state index contributed by atoms with van der Waals surface area (Å²) in [4.78, 5) is 0. The molecular formula is C14H22FNO2. The van der Waals surface area contributed by atoms with Gasteiger partial charge in [-0.25, -0.2) is 4.39 Å². The molecule has 1 aromatic carbocycles. The zero-order chi connectivity index (χ0) is 13.5. The first kappa shape index (κ1) is 14.9. The highest BCUT2D eigenvalue weighted by molar-refractivity contribution is 5.31. The van der Waals surface area contributed by atoms with Gasteiger partial charge in [-0.1, -0.05) is 19.9 Å². The first-order chi connectivity index (χ1) is 8.67. The molecule has 0 aromatic heterocycles. The van der Waals surface area contributed by atoms with E-state index < -0.39 is 0 Å². The van der Waals surface area contributed by atoms with Gasteiger partial charge in [-0.15, -0.1) is 0 Å². The van der Waals surface area contributed by atoms with Crippen LogP contribution in [0.15, 0.2) is 18.2 Å². The van der Waals surface area contributed by atoms with Crippen molar-refractivity contribution in [3.63, 3.8) is 0 Å². The van der Waals surface area contributed by atoms with Gasteiger partial charge in [0.05, 0.1) is 19.3 Å². The van der Waals surface area contributed by atoms with Crippen LogP contribution in [-0.2, 0) is 4.74 Å². The Hall–Kier alpha value is -1.13. The van der Waals surface area contributed by atoms with Crippen molar-refractivity contribution in [2.45, 2.75) is 32.4 Å². The van der Waals surface area contributed by atoms with Crippen LogP contribution in [0.3, 0.4) is 0 Å². The van der Waals surface area contributed by atoms with Gasteiger partial charge >= 0.3 is 0 Å². The molecule has 0 bridgehead atoms. The average molecular weight is 255 g/mol. The van der Waals surface area contributed by atoms with Crippen LogP contribution in [-0.4, -0.2) is 26.9 Å². The van der Waals surface area contributed by atoms with Crippen LogP contribution in [0.1, 0.15) is 31.9 Å². The molecule has 0 fully saturated rings. The molecule has 0 saturated heterocycles. The fourth-order valence-electron chi connectivity index (χ4n) is 2.10. The monoisotopic (exact) mass is 255 g/mol. The second-order valence-corrected chi connectivity index (χ2v) is 4.11. The second-order valence-electron chi connectivity index (χ2n) is 4.11. The Balaban J connectivity index is 3.01. The lowest BCUT2D eigenvalue weighted by molar-refractivity contribution is 0.0655. The van der Waals surface area contributed by atoms with E-state index in [0.717, 1.165) is 18.5 Å². The van der Waals surface area contributed by atoms with E-state index in [0.29, 0.717) is 0 Å². The smallest absolute Gasteiger partial charge is 0.165 e. The van der Waals surface area contributed by atoms with Crippen molar-refractivity contribution in [1.82, 2.24) is 5.32 Å². The Bertz CT molecular complexity index is 367. The van der Waals surface area contributed by atoms with Gasteiger partial charge in [-0.2, -0.15) is 0 Å². The fourth-order valence-corrected chi connectivity index (χ4v) is 2.10. The van der Waals surface area contributed by atoms with Crippen LogP contribution in [0.2, 0.25) is 0 Å². The van der Waals surface area contributed by atoms with Gasteiger partial charge in [0.15, 0.2) is 11.6 Å². The molecule has 102 valence electrons. The van der Waals surface area contributed by atoms with Crippen molar-refractivity contribution in [2.75, 3.05) is 20.8 Å². The van der Waals surface area contributed by atoms with E-state index in [4.69, 9.17) is 9.47 Å². The molecule has 3 nitrogen and oxygen atoms in total. The molecule has 18 heavy (non-hydrogen) atoms. The third-order valence-electron chi connectivity index (χ3n) is 3.04. The van der Waals surface area contributed by atoms with Crippen molar-refractivity contribution >= 4 is 0 Å². The average Bonchev–Trinajstić information content (AvgIpc) is 2.39. The first-order valence-electron chi connectivity index (χ1n) is 6.27. The van der Waals surface area contributed by atoms with E-state index in [1.807, 2.05) is 13.0 Å². The maximum atomic E-state index is 13.7. The van der Waals surface area contributed by atoms with E-state index >= 15 is 0 Å². The number of likely N-dealkylation sites (N-methyl/N-ethyl adjacent to an activating group) is 1. The van der Waals surface area contributed by atoms with Crippen LogP contribution >= 0.6 is 0 Å².